The summed E-state index contributed by atoms with van der Waals surface area (Å²) >= 11 is 6.95. The van der Waals surface area contributed by atoms with E-state index < -0.39 is 33.9 Å². The molecular formula is C16H16ClN3O6S2. The van der Waals surface area contributed by atoms with Gasteiger partial charge in [-0.3, -0.25) is 9.59 Å². The number of anilines is 1. The highest BCUT2D eigenvalue weighted by atomic mass is 35.5. The molecule has 150 valence electrons. The first-order valence-electron chi connectivity index (χ1n) is 7.69. The lowest BCUT2D eigenvalue weighted by atomic mass is 10.2. The van der Waals surface area contributed by atoms with Crippen LogP contribution in [0.1, 0.15) is 27.6 Å². The summed E-state index contributed by atoms with van der Waals surface area (Å²) in [6.45, 7) is 1.33. The molecule has 0 spiro atoms. The van der Waals surface area contributed by atoms with Crippen LogP contribution in [0.2, 0.25) is 5.02 Å². The molecule has 2 rings (SSSR count). The molecular weight excluding hydrogens is 430 g/mol. The highest BCUT2D eigenvalue weighted by Gasteiger charge is 2.23. The Morgan fingerprint density at radius 3 is 2.54 bits per heavy atom. The monoisotopic (exact) mass is 445 g/mol. The molecule has 2 aromatic rings. The predicted octanol–water partition coefficient (Wildman–Crippen LogP) is 1.59. The van der Waals surface area contributed by atoms with Crippen LogP contribution in [0, 0.1) is 0 Å². The summed E-state index contributed by atoms with van der Waals surface area (Å²) in [7, 11) is -2.69. The van der Waals surface area contributed by atoms with Crippen LogP contribution in [-0.4, -0.2) is 39.4 Å². The molecule has 28 heavy (non-hydrogen) atoms. The van der Waals surface area contributed by atoms with Gasteiger partial charge in [-0.25, -0.2) is 17.9 Å². The smallest absolute Gasteiger partial charge is 0.338 e. The van der Waals surface area contributed by atoms with Crippen LogP contribution in [-0.2, 0) is 19.6 Å². The Balaban J connectivity index is 2.14. The number of hydrogen-bond acceptors (Lipinski definition) is 7. The van der Waals surface area contributed by atoms with Gasteiger partial charge in [-0.05, 0) is 43.6 Å². The number of thiophene rings is 1. The zero-order valence-corrected chi connectivity index (χ0v) is 17.1. The number of nitrogens with two attached hydrogens (primary N) is 1. The molecule has 0 saturated heterocycles. The SMILES string of the molecule is CNS(=O)(=O)c1cc(C(=O)OC(C)C(=O)Nc2sccc2C(N)=O)ccc1Cl. The molecule has 2 amide bonds. The minimum absolute atomic E-state index is 0.0756. The van der Waals surface area contributed by atoms with Crippen LogP contribution in [0.25, 0.3) is 0 Å². The van der Waals surface area contributed by atoms with E-state index in [4.69, 9.17) is 22.1 Å². The van der Waals surface area contributed by atoms with Crippen molar-refractivity contribution >= 4 is 55.7 Å². The molecule has 1 atom stereocenters. The largest absolute Gasteiger partial charge is 0.449 e. The molecule has 0 fully saturated rings. The lowest BCUT2D eigenvalue weighted by molar-refractivity contribution is -0.123. The third kappa shape index (κ3) is 4.87. The molecule has 0 bridgehead atoms. The molecule has 4 N–H and O–H groups in total. The van der Waals surface area contributed by atoms with E-state index in [0.717, 1.165) is 17.4 Å². The van der Waals surface area contributed by atoms with Crippen molar-refractivity contribution in [1.29, 1.82) is 0 Å². The summed E-state index contributed by atoms with van der Waals surface area (Å²) in [5.74, 6) is -2.32. The number of benzene rings is 1. The average molecular weight is 446 g/mol. The van der Waals surface area contributed by atoms with Crippen LogP contribution >= 0.6 is 22.9 Å². The van der Waals surface area contributed by atoms with E-state index in [1.165, 1.54) is 32.2 Å². The summed E-state index contributed by atoms with van der Waals surface area (Å²) in [5, 5.41) is 4.19. The van der Waals surface area contributed by atoms with Crippen molar-refractivity contribution in [2.45, 2.75) is 17.9 Å². The number of sulfonamides is 1. The molecule has 1 heterocycles. The fraction of sp³-hybridized carbons (Fsp3) is 0.188. The van der Waals surface area contributed by atoms with Crippen LogP contribution in [0.4, 0.5) is 5.00 Å². The number of carbonyl (C=O) groups excluding carboxylic acids is 3. The minimum Gasteiger partial charge on any atom is -0.449 e. The predicted molar refractivity (Wildman–Crippen MR) is 104 cm³/mol. The molecule has 0 aliphatic heterocycles. The van der Waals surface area contributed by atoms with Gasteiger partial charge in [0.1, 0.15) is 9.90 Å². The maximum Gasteiger partial charge on any atom is 0.338 e. The average Bonchev–Trinajstić information content (AvgIpc) is 3.10. The highest BCUT2D eigenvalue weighted by molar-refractivity contribution is 7.89. The fourth-order valence-electron chi connectivity index (χ4n) is 2.04. The van der Waals surface area contributed by atoms with Crippen molar-refractivity contribution < 1.29 is 27.5 Å². The second kappa shape index (κ2) is 8.69. The number of nitrogens with one attached hydrogen (secondary N) is 2. The second-order valence-corrected chi connectivity index (χ2v) is 8.60. The first-order chi connectivity index (χ1) is 13.1. The molecule has 1 aromatic heterocycles. The van der Waals surface area contributed by atoms with E-state index in [0.29, 0.717) is 0 Å². The van der Waals surface area contributed by atoms with Crippen LogP contribution in [0.15, 0.2) is 34.5 Å². The lowest BCUT2D eigenvalue weighted by Gasteiger charge is -2.14. The molecule has 1 aromatic carbocycles. The van der Waals surface area contributed by atoms with Gasteiger partial charge in [-0.2, -0.15) is 0 Å². The van der Waals surface area contributed by atoms with Crippen molar-refractivity contribution in [3.63, 3.8) is 0 Å². The van der Waals surface area contributed by atoms with Crippen molar-refractivity contribution in [2.75, 3.05) is 12.4 Å². The Kier molecular flexibility index (Phi) is 6.77. The summed E-state index contributed by atoms with van der Waals surface area (Å²) in [6.07, 6.45) is -1.23. The summed E-state index contributed by atoms with van der Waals surface area (Å²) in [5.41, 5.74) is 5.24. The first-order valence-corrected chi connectivity index (χ1v) is 10.4. The standard InChI is InChI=1S/C16H16ClN3O6S2/c1-8(14(22)20-15-10(13(18)21)5-6-27-15)26-16(23)9-3-4-11(17)12(7-9)28(24,25)19-2/h3-8,19H,1-2H3,(H2,18,21)(H,20,22). The zero-order chi connectivity index (χ0) is 21.1. The summed E-state index contributed by atoms with van der Waals surface area (Å²) in [6, 6.07) is 5.01. The Labute approximate surface area is 169 Å². The zero-order valence-electron chi connectivity index (χ0n) is 14.7. The second-order valence-electron chi connectivity index (χ2n) is 5.42. The van der Waals surface area contributed by atoms with E-state index in [-0.39, 0.29) is 26.0 Å². The maximum absolute atomic E-state index is 12.3. The molecule has 1 unspecified atom stereocenters. The molecule has 0 aliphatic carbocycles. The number of carbonyl (C=O) groups is 3. The number of esters is 1. The molecule has 0 saturated carbocycles. The molecule has 0 radical (unpaired) electrons. The van der Waals surface area contributed by atoms with E-state index >= 15 is 0 Å². The van der Waals surface area contributed by atoms with Crippen molar-refractivity contribution in [1.82, 2.24) is 4.72 Å². The molecule has 12 heteroatoms. The van der Waals surface area contributed by atoms with E-state index in [9.17, 15) is 22.8 Å². The van der Waals surface area contributed by atoms with Crippen LogP contribution < -0.4 is 15.8 Å². The summed E-state index contributed by atoms with van der Waals surface area (Å²) < 4.78 is 31.1. The van der Waals surface area contributed by atoms with Crippen molar-refractivity contribution in [3.8, 4) is 0 Å². The molecule has 9 nitrogen and oxygen atoms in total. The number of hydrogen-bond donors (Lipinski definition) is 3. The number of halogens is 1. The Morgan fingerprint density at radius 2 is 1.93 bits per heavy atom. The third-order valence-electron chi connectivity index (χ3n) is 3.55. The molecule has 0 aliphatic rings. The lowest BCUT2D eigenvalue weighted by Crippen LogP contribution is -2.30. The van der Waals surface area contributed by atoms with Crippen molar-refractivity contribution in [2.24, 2.45) is 5.73 Å². The Hall–Kier alpha value is -2.47. The van der Waals surface area contributed by atoms with Gasteiger partial charge in [-0.1, -0.05) is 11.6 Å². The summed E-state index contributed by atoms with van der Waals surface area (Å²) in [4.78, 5) is 35.5. The van der Waals surface area contributed by atoms with Crippen LogP contribution in [0.5, 0.6) is 0 Å². The Bertz CT molecular complexity index is 1030. The van der Waals surface area contributed by atoms with E-state index in [2.05, 4.69) is 10.0 Å². The number of rotatable bonds is 7. The van der Waals surface area contributed by atoms with Gasteiger partial charge in [0.25, 0.3) is 11.8 Å². The van der Waals surface area contributed by atoms with Gasteiger partial charge in [0.05, 0.1) is 16.1 Å². The first kappa shape index (κ1) is 21.8. The van der Waals surface area contributed by atoms with Gasteiger partial charge >= 0.3 is 5.97 Å². The van der Waals surface area contributed by atoms with E-state index in [1.807, 2.05) is 0 Å². The van der Waals surface area contributed by atoms with Gasteiger partial charge in [0.15, 0.2) is 6.10 Å². The highest BCUT2D eigenvalue weighted by Crippen LogP contribution is 2.24. The van der Waals surface area contributed by atoms with Gasteiger partial charge in [-0.15, -0.1) is 11.3 Å². The number of ether oxygens (including phenoxy) is 1. The minimum atomic E-state index is -3.89. The number of primary amides is 1. The van der Waals surface area contributed by atoms with Crippen LogP contribution in [0.3, 0.4) is 0 Å². The van der Waals surface area contributed by atoms with Gasteiger partial charge < -0.3 is 15.8 Å². The number of amides is 2. The van der Waals surface area contributed by atoms with Crippen molar-refractivity contribution in [3.05, 3.63) is 45.8 Å². The topological polar surface area (TPSA) is 145 Å². The van der Waals surface area contributed by atoms with Gasteiger partial charge in [0, 0.05) is 0 Å². The third-order valence-corrected chi connectivity index (χ3v) is 6.27. The normalized spacial score (nSPS) is 12.2. The van der Waals surface area contributed by atoms with E-state index in [1.54, 1.807) is 5.38 Å². The quantitative estimate of drug-likeness (QED) is 0.552. The maximum atomic E-state index is 12.3. The fourth-order valence-corrected chi connectivity index (χ4v) is 4.09. The van der Waals surface area contributed by atoms with Gasteiger partial charge in [0.2, 0.25) is 10.0 Å². The Morgan fingerprint density at radius 1 is 1.25 bits per heavy atom.